The number of fused-ring (bicyclic) bond motifs is 1. The summed E-state index contributed by atoms with van der Waals surface area (Å²) in [4.78, 5) is 27.8. The second kappa shape index (κ2) is 10.9. The molecule has 0 bridgehead atoms. The van der Waals surface area contributed by atoms with Gasteiger partial charge in [0.05, 0.1) is 5.69 Å². The molecule has 0 radical (unpaired) electrons. The maximum Gasteiger partial charge on any atom is 0.273 e. The van der Waals surface area contributed by atoms with E-state index in [1.165, 1.54) is 44.2 Å². The monoisotopic (exact) mass is 499 g/mol. The Bertz CT molecular complexity index is 1370. The quantitative estimate of drug-likeness (QED) is 0.281. The number of benzene rings is 1. The Balaban J connectivity index is 1.33. The van der Waals surface area contributed by atoms with Gasteiger partial charge >= 0.3 is 0 Å². The van der Waals surface area contributed by atoms with Crippen LogP contribution in [0.4, 0.5) is 0 Å². The number of hydrogen-bond donors (Lipinski definition) is 2. The van der Waals surface area contributed by atoms with Gasteiger partial charge in [0.15, 0.2) is 5.69 Å². The van der Waals surface area contributed by atoms with Crippen LogP contribution in [0.15, 0.2) is 41.0 Å². The highest BCUT2D eigenvalue weighted by Gasteiger charge is 2.19. The van der Waals surface area contributed by atoms with E-state index in [9.17, 15) is 4.79 Å². The second-order valence-corrected chi connectivity index (χ2v) is 10.5. The molecule has 1 aliphatic heterocycles. The van der Waals surface area contributed by atoms with Gasteiger partial charge in [-0.25, -0.2) is 4.98 Å². The van der Waals surface area contributed by atoms with Gasteiger partial charge in [0.25, 0.3) is 5.91 Å². The fourth-order valence-corrected chi connectivity index (χ4v) is 5.44. The zero-order valence-corrected chi connectivity index (χ0v) is 22.4. The number of hydrogen-bond acceptors (Lipinski definition) is 5. The molecule has 0 unspecified atom stereocenters. The Morgan fingerprint density at radius 1 is 1.05 bits per heavy atom. The molecule has 0 aliphatic carbocycles. The molecular formula is C30H37N5O2. The number of aromatic nitrogens is 3. The van der Waals surface area contributed by atoms with Crippen LogP contribution < -0.4 is 5.32 Å². The molecule has 37 heavy (non-hydrogen) atoms. The summed E-state index contributed by atoms with van der Waals surface area (Å²) in [6.07, 6.45) is 6.30. The van der Waals surface area contributed by atoms with E-state index in [0.717, 1.165) is 52.1 Å². The van der Waals surface area contributed by atoms with Crippen LogP contribution in [0.5, 0.6) is 0 Å². The molecule has 1 fully saturated rings. The Kier molecular flexibility index (Phi) is 7.42. The van der Waals surface area contributed by atoms with Crippen LogP contribution in [0.2, 0.25) is 0 Å². The largest absolute Gasteiger partial charge is 0.444 e. The third kappa shape index (κ3) is 5.62. The third-order valence-corrected chi connectivity index (χ3v) is 7.16. The van der Waals surface area contributed by atoms with Crippen LogP contribution in [0.1, 0.15) is 72.9 Å². The van der Waals surface area contributed by atoms with Crippen molar-refractivity contribution in [2.75, 3.05) is 26.2 Å². The van der Waals surface area contributed by atoms with Crippen molar-refractivity contribution in [2.24, 2.45) is 0 Å². The van der Waals surface area contributed by atoms with E-state index in [4.69, 9.17) is 4.42 Å². The molecule has 7 nitrogen and oxygen atoms in total. The molecule has 1 saturated heterocycles. The Morgan fingerprint density at radius 3 is 2.54 bits per heavy atom. The first-order valence-electron chi connectivity index (χ1n) is 13.5. The lowest BCUT2D eigenvalue weighted by Gasteiger charge is -2.26. The summed E-state index contributed by atoms with van der Waals surface area (Å²) >= 11 is 0. The first-order chi connectivity index (χ1) is 17.9. The summed E-state index contributed by atoms with van der Waals surface area (Å²) in [5, 5.41) is 4.13. The van der Waals surface area contributed by atoms with E-state index in [1.807, 2.05) is 19.9 Å². The zero-order valence-electron chi connectivity index (χ0n) is 22.4. The lowest BCUT2D eigenvalue weighted by molar-refractivity contribution is 0.0946. The molecule has 0 atom stereocenters. The van der Waals surface area contributed by atoms with Gasteiger partial charge in [-0.2, -0.15) is 0 Å². The van der Waals surface area contributed by atoms with Crippen molar-refractivity contribution in [3.63, 3.8) is 0 Å². The number of carbonyl (C=O) groups excluding carboxylic acids is 1. The highest BCUT2D eigenvalue weighted by molar-refractivity contribution is 5.95. The Hall–Kier alpha value is -3.45. The minimum absolute atomic E-state index is 0.190. The van der Waals surface area contributed by atoms with E-state index in [2.05, 4.69) is 63.3 Å². The number of rotatable bonds is 8. The summed E-state index contributed by atoms with van der Waals surface area (Å²) in [6, 6.07) is 10.4. The van der Waals surface area contributed by atoms with Crippen LogP contribution in [0.25, 0.3) is 33.6 Å². The van der Waals surface area contributed by atoms with Crippen LogP contribution in [-0.4, -0.2) is 51.9 Å². The van der Waals surface area contributed by atoms with Gasteiger partial charge in [0.1, 0.15) is 6.26 Å². The molecule has 7 heteroatoms. The molecule has 0 saturated carbocycles. The van der Waals surface area contributed by atoms with Crippen LogP contribution >= 0.6 is 0 Å². The van der Waals surface area contributed by atoms with Gasteiger partial charge in [0.2, 0.25) is 5.89 Å². The number of H-pyrrole nitrogens is 1. The minimum Gasteiger partial charge on any atom is -0.444 e. The number of amides is 1. The van der Waals surface area contributed by atoms with Crippen molar-refractivity contribution in [1.29, 1.82) is 0 Å². The fraction of sp³-hybridized carbons (Fsp3) is 0.433. The number of aromatic amines is 1. The minimum atomic E-state index is -0.190. The molecule has 5 rings (SSSR count). The molecule has 1 aliphatic rings. The molecule has 2 N–H and O–H groups in total. The summed E-state index contributed by atoms with van der Waals surface area (Å²) in [5.41, 5.74) is 7.74. The van der Waals surface area contributed by atoms with Gasteiger partial charge in [-0.05, 0) is 94.6 Å². The zero-order chi connectivity index (χ0) is 25.9. The molecule has 4 heterocycles. The van der Waals surface area contributed by atoms with E-state index < -0.39 is 0 Å². The smallest absolute Gasteiger partial charge is 0.273 e. The molecule has 3 aromatic heterocycles. The summed E-state index contributed by atoms with van der Waals surface area (Å²) in [7, 11) is 0. The lowest BCUT2D eigenvalue weighted by atomic mass is 9.95. The van der Waals surface area contributed by atoms with Gasteiger partial charge < -0.3 is 19.6 Å². The lowest BCUT2D eigenvalue weighted by Crippen LogP contribution is -2.33. The maximum absolute atomic E-state index is 12.7. The number of nitrogens with zero attached hydrogens (tertiary/aromatic N) is 3. The molecule has 1 aromatic carbocycles. The molecule has 4 aromatic rings. The van der Waals surface area contributed by atoms with Crippen molar-refractivity contribution in [1.82, 2.24) is 25.2 Å². The normalized spacial score (nSPS) is 14.5. The number of piperidine rings is 1. The predicted molar refractivity (Wildman–Crippen MR) is 148 cm³/mol. The maximum atomic E-state index is 12.7. The van der Waals surface area contributed by atoms with Crippen molar-refractivity contribution >= 4 is 16.8 Å². The molecular weight excluding hydrogens is 462 g/mol. The van der Waals surface area contributed by atoms with Gasteiger partial charge in [-0.1, -0.05) is 20.3 Å². The number of likely N-dealkylation sites (tertiary alicyclic amines) is 1. The first-order valence-corrected chi connectivity index (χ1v) is 13.5. The fourth-order valence-electron chi connectivity index (χ4n) is 5.44. The summed E-state index contributed by atoms with van der Waals surface area (Å²) < 4.78 is 5.75. The Morgan fingerprint density at radius 2 is 1.81 bits per heavy atom. The van der Waals surface area contributed by atoms with Crippen molar-refractivity contribution in [2.45, 2.75) is 59.3 Å². The van der Waals surface area contributed by atoms with Gasteiger partial charge in [0, 0.05) is 40.0 Å². The number of nitrogens with one attached hydrogen (secondary N) is 2. The Labute approximate surface area is 218 Å². The van der Waals surface area contributed by atoms with Gasteiger partial charge in [-0.15, -0.1) is 0 Å². The highest BCUT2D eigenvalue weighted by Crippen LogP contribution is 2.37. The van der Waals surface area contributed by atoms with Gasteiger partial charge in [-0.3, -0.25) is 9.78 Å². The number of aryl methyl sites for hydroxylation is 2. The number of oxazole rings is 1. The van der Waals surface area contributed by atoms with Crippen LogP contribution in [0.3, 0.4) is 0 Å². The molecule has 194 valence electrons. The number of pyridine rings is 1. The number of carbonyl (C=O) groups is 1. The van der Waals surface area contributed by atoms with Crippen LogP contribution in [-0.2, 0) is 0 Å². The summed E-state index contributed by atoms with van der Waals surface area (Å²) in [6.45, 7) is 12.5. The molecule has 1 amide bonds. The van der Waals surface area contributed by atoms with E-state index in [1.54, 1.807) is 0 Å². The molecule has 0 spiro atoms. The van der Waals surface area contributed by atoms with Crippen molar-refractivity contribution < 1.29 is 9.21 Å². The topological polar surface area (TPSA) is 87.0 Å². The standard InChI is InChI=1S/C30H37N5O2/c1-19(2)27-24-17-22(9-10-25(24)33-28(27)23-15-20(3)32-21(4)16-23)30-34-26(18-37-30)29(36)31-11-8-14-35-12-6-5-7-13-35/h9-10,15-19,33H,5-8,11-14H2,1-4H3,(H,31,36). The third-order valence-electron chi connectivity index (χ3n) is 7.16. The second-order valence-electron chi connectivity index (χ2n) is 10.5. The average molecular weight is 500 g/mol. The first kappa shape index (κ1) is 25.2. The SMILES string of the molecule is Cc1cc(-c2[nH]c3ccc(-c4nc(C(=O)NCCCN5CCCCC5)co4)cc3c2C(C)C)cc(C)n1. The van der Waals surface area contributed by atoms with E-state index in [0.29, 0.717) is 24.0 Å². The van der Waals surface area contributed by atoms with Crippen molar-refractivity contribution in [3.05, 3.63) is 59.2 Å². The summed E-state index contributed by atoms with van der Waals surface area (Å²) in [5.74, 6) is 0.571. The van der Waals surface area contributed by atoms with Crippen molar-refractivity contribution in [3.8, 4) is 22.7 Å². The van der Waals surface area contributed by atoms with E-state index >= 15 is 0 Å². The predicted octanol–water partition coefficient (Wildman–Crippen LogP) is 6.23. The van der Waals surface area contributed by atoms with E-state index in [-0.39, 0.29) is 5.91 Å². The highest BCUT2D eigenvalue weighted by atomic mass is 16.3. The average Bonchev–Trinajstić information content (AvgIpc) is 3.52. The van der Waals surface area contributed by atoms with Crippen LogP contribution in [0, 0.1) is 13.8 Å².